The smallest absolute Gasteiger partial charge is 0.254 e. The lowest BCUT2D eigenvalue weighted by Crippen LogP contribution is -2.38. The standard InChI is InChI=1S/C12H17NO3/c1-9(8-14)13-12(15)11(16-2)10-6-4-3-5-7-10/h3-7,9,11,14H,8H2,1-2H3,(H,13,15)/t9-,11?/m0/s1. The van der Waals surface area contributed by atoms with E-state index in [2.05, 4.69) is 5.32 Å². The van der Waals surface area contributed by atoms with E-state index in [1.165, 1.54) is 7.11 Å². The highest BCUT2D eigenvalue weighted by atomic mass is 16.5. The zero-order chi connectivity index (χ0) is 12.0. The molecule has 0 aliphatic heterocycles. The number of carbonyl (C=O) groups is 1. The van der Waals surface area contributed by atoms with Crippen LogP contribution >= 0.6 is 0 Å². The van der Waals surface area contributed by atoms with Crippen LogP contribution in [0.2, 0.25) is 0 Å². The number of hydrogen-bond donors (Lipinski definition) is 2. The number of nitrogens with one attached hydrogen (secondary N) is 1. The molecule has 0 aliphatic rings. The number of carbonyl (C=O) groups excluding carboxylic acids is 1. The van der Waals surface area contributed by atoms with E-state index in [0.29, 0.717) is 0 Å². The maximum atomic E-state index is 11.8. The predicted molar refractivity (Wildman–Crippen MR) is 60.9 cm³/mol. The summed E-state index contributed by atoms with van der Waals surface area (Å²) in [6, 6.07) is 8.97. The summed E-state index contributed by atoms with van der Waals surface area (Å²) in [5, 5.41) is 11.5. The lowest BCUT2D eigenvalue weighted by Gasteiger charge is -2.18. The van der Waals surface area contributed by atoms with Gasteiger partial charge in [0.05, 0.1) is 6.61 Å². The van der Waals surface area contributed by atoms with Crippen LogP contribution in [0.15, 0.2) is 30.3 Å². The van der Waals surface area contributed by atoms with Crippen LogP contribution in [0.1, 0.15) is 18.6 Å². The number of hydrogen-bond acceptors (Lipinski definition) is 3. The Kier molecular flexibility index (Phi) is 4.95. The Labute approximate surface area is 95.2 Å². The fourth-order valence-corrected chi connectivity index (χ4v) is 1.39. The summed E-state index contributed by atoms with van der Waals surface area (Å²) in [5.41, 5.74) is 0.799. The van der Waals surface area contributed by atoms with Gasteiger partial charge < -0.3 is 15.2 Å². The summed E-state index contributed by atoms with van der Waals surface area (Å²) < 4.78 is 5.15. The van der Waals surface area contributed by atoms with Crippen molar-refractivity contribution in [2.45, 2.75) is 19.1 Å². The molecule has 4 heteroatoms. The molecule has 1 rings (SSSR count). The number of rotatable bonds is 5. The largest absolute Gasteiger partial charge is 0.394 e. The van der Waals surface area contributed by atoms with Crippen LogP contribution in [0.4, 0.5) is 0 Å². The van der Waals surface area contributed by atoms with Crippen molar-refractivity contribution in [1.82, 2.24) is 5.32 Å². The van der Waals surface area contributed by atoms with Crippen LogP contribution in [-0.2, 0) is 9.53 Å². The van der Waals surface area contributed by atoms with Crippen molar-refractivity contribution >= 4 is 5.91 Å². The van der Waals surface area contributed by atoms with Gasteiger partial charge in [0.15, 0.2) is 6.10 Å². The molecule has 1 amide bonds. The first-order valence-corrected chi connectivity index (χ1v) is 5.18. The fourth-order valence-electron chi connectivity index (χ4n) is 1.39. The summed E-state index contributed by atoms with van der Waals surface area (Å²) in [5.74, 6) is -0.241. The lowest BCUT2D eigenvalue weighted by molar-refractivity contribution is -0.132. The van der Waals surface area contributed by atoms with Crippen molar-refractivity contribution in [3.63, 3.8) is 0 Å². The minimum Gasteiger partial charge on any atom is -0.394 e. The highest BCUT2D eigenvalue weighted by Crippen LogP contribution is 2.16. The van der Waals surface area contributed by atoms with Gasteiger partial charge in [0.25, 0.3) is 5.91 Å². The van der Waals surface area contributed by atoms with Crippen LogP contribution < -0.4 is 5.32 Å². The molecule has 16 heavy (non-hydrogen) atoms. The van der Waals surface area contributed by atoms with E-state index in [9.17, 15) is 4.79 Å². The fraction of sp³-hybridized carbons (Fsp3) is 0.417. The third kappa shape index (κ3) is 3.32. The summed E-state index contributed by atoms with van der Waals surface area (Å²) in [6.45, 7) is 1.65. The Hall–Kier alpha value is -1.39. The lowest BCUT2D eigenvalue weighted by atomic mass is 10.1. The van der Waals surface area contributed by atoms with E-state index in [1.54, 1.807) is 6.92 Å². The molecular weight excluding hydrogens is 206 g/mol. The zero-order valence-electron chi connectivity index (χ0n) is 9.51. The number of aliphatic hydroxyl groups excluding tert-OH is 1. The summed E-state index contributed by atoms with van der Waals surface area (Å²) in [4.78, 5) is 11.8. The van der Waals surface area contributed by atoms with E-state index < -0.39 is 6.10 Å². The van der Waals surface area contributed by atoms with Gasteiger partial charge in [-0.1, -0.05) is 30.3 Å². The molecule has 0 aromatic heterocycles. The number of benzene rings is 1. The van der Waals surface area contributed by atoms with Gasteiger partial charge in [0.2, 0.25) is 0 Å². The van der Waals surface area contributed by atoms with Crippen LogP contribution in [0.25, 0.3) is 0 Å². The quantitative estimate of drug-likeness (QED) is 0.778. The minimum absolute atomic E-state index is 0.0863. The number of amides is 1. The van der Waals surface area contributed by atoms with Crippen molar-refractivity contribution in [1.29, 1.82) is 0 Å². The molecule has 1 aromatic carbocycles. The van der Waals surface area contributed by atoms with Crippen LogP contribution in [0, 0.1) is 0 Å². The van der Waals surface area contributed by atoms with Gasteiger partial charge in [-0.3, -0.25) is 4.79 Å². The maximum Gasteiger partial charge on any atom is 0.254 e. The Bertz CT molecular complexity index is 326. The Balaban J connectivity index is 2.71. The van der Waals surface area contributed by atoms with Crippen molar-refractivity contribution < 1.29 is 14.6 Å². The van der Waals surface area contributed by atoms with Gasteiger partial charge in [-0.25, -0.2) is 0 Å². The highest BCUT2D eigenvalue weighted by molar-refractivity contribution is 5.82. The normalized spacial score (nSPS) is 14.2. The second-order valence-electron chi connectivity index (χ2n) is 3.62. The Morgan fingerprint density at radius 1 is 1.44 bits per heavy atom. The van der Waals surface area contributed by atoms with Crippen LogP contribution in [0.3, 0.4) is 0 Å². The van der Waals surface area contributed by atoms with Crippen molar-refractivity contribution in [2.24, 2.45) is 0 Å². The Morgan fingerprint density at radius 3 is 2.56 bits per heavy atom. The summed E-state index contributed by atoms with van der Waals surface area (Å²) in [7, 11) is 1.49. The number of aliphatic hydroxyl groups is 1. The van der Waals surface area contributed by atoms with Crippen molar-refractivity contribution in [2.75, 3.05) is 13.7 Å². The van der Waals surface area contributed by atoms with Crippen LogP contribution in [-0.4, -0.2) is 30.8 Å². The molecule has 1 aromatic rings. The second-order valence-corrected chi connectivity index (χ2v) is 3.62. The summed E-state index contributed by atoms with van der Waals surface area (Å²) in [6.07, 6.45) is -0.629. The van der Waals surface area contributed by atoms with Gasteiger partial charge in [0, 0.05) is 13.2 Å². The topological polar surface area (TPSA) is 58.6 Å². The van der Waals surface area contributed by atoms with Gasteiger partial charge in [-0.05, 0) is 12.5 Å². The van der Waals surface area contributed by atoms with Gasteiger partial charge in [0.1, 0.15) is 0 Å². The first kappa shape index (κ1) is 12.7. The molecule has 1 unspecified atom stereocenters. The Morgan fingerprint density at radius 2 is 2.06 bits per heavy atom. The van der Waals surface area contributed by atoms with E-state index in [-0.39, 0.29) is 18.6 Å². The van der Waals surface area contributed by atoms with Gasteiger partial charge in [-0.15, -0.1) is 0 Å². The average Bonchev–Trinajstić information content (AvgIpc) is 2.31. The molecule has 0 fully saturated rings. The molecule has 0 heterocycles. The third-order valence-corrected chi connectivity index (χ3v) is 2.24. The number of ether oxygens (including phenoxy) is 1. The van der Waals surface area contributed by atoms with Crippen LogP contribution in [0.5, 0.6) is 0 Å². The van der Waals surface area contributed by atoms with E-state index in [4.69, 9.17) is 9.84 Å². The van der Waals surface area contributed by atoms with Crippen molar-refractivity contribution in [3.05, 3.63) is 35.9 Å². The minimum atomic E-state index is -0.629. The SMILES string of the molecule is COC(C(=O)N[C@@H](C)CO)c1ccccc1. The molecule has 0 radical (unpaired) electrons. The first-order valence-electron chi connectivity index (χ1n) is 5.18. The number of methoxy groups -OCH3 is 1. The molecule has 0 saturated carbocycles. The molecule has 4 nitrogen and oxygen atoms in total. The highest BCUT2D eigenvalue weighted by Gasteiger charge is 2.20. The zero-order valence-corrected chi connectivity index (χ0v) is 9.51. The molecule has 0 aliphatic carbocycles. The van der Waals surface area contributed by atoms with E-state index in [0.717, 1.165) is 5.56 Å². The second kappa shape index (κ2) is 6.25. The maximum absolute atomic E-state index is 11.8. The molecular formula is C12H17NO3. The van der Waals surface area contributed by atoms with E-state index in [1.807, 2.05) is 30.3 Å². The van der Waals surface area contributed by atoms with E-state index >= 15 is 0 Å². The average molecular weight is 223 g/mol. The molecule has 0 spiro atoms. The molecule has 0 bridgehead atoms. The summed E-state index contributed by atoms with van der Waals surface area (Å²) >= 11 is 0. The monoisotopic (exact) mass is 223 g/mol. The molecule has 2 N–H and O–H groups in total. The molecule has 88 valence electrons. The predicted octanol–water partition coefficient (Wildman–Crippen LogP) is 0.871. The third-order valence-electron chi connectivity index (χ3n) is 2.24. The van der Waals surface area contributed by atoms with Crippen molar-refractivity contribution in [3.8, 4) is 0 Å². The molecule has 0 saturated heterocycles. The first-order chi connectivity index (χ1) is 7.69. The van der Waals surface area contributed by atoms with Gasteiger partial charge in [-0.2, -0.15) is 0 Å². The molecule has 2 atom stereocenters. The van der Waals surface area contributed by atoms with Gasteiger partial charge >= 0.3 is 0 Å².